The van der Waals surface area contributed by atoms with Gasteiger partial charge in [-0.2, -0.15) is 0 Å². The zero-order chi connectivity index (χ0) is 35.6. The van der Waals surface area contributed by atoms with Gasteiger partial charge >= 0.3 is 0 Å². The van der Waals surface area contributed by atoms with Crippen LogP contribution in [0, 0.1) is 18.8 Å². The molecule has 0 aliphatic carbocycles. The Morgan fingerprint density at radius 2 is 1.38 bits per heavy atom. The van der Waals surface area contributed by atoms with Gasteiger partial charge in [-0.15, -0.1) is 12.4 Å². The molecule has 2 aromatic heterocycles. The van der Waals surface area contributed by atoms with Crippen LogP contribution in [0.1, 0.15) is 56.8 Å². The third-order valence-electron chi connectivity index (χ3n) is 7.36. The summed E-state index contributed by atoms with van der Waals surface area (Å²) in [5.74, 6) is -1.88. The van der Waals surface area contributed by atoms with E-state index in [9.17, 15) is 23.5 Å². The second-order valence-electron chi connectivity index (χ2n) is 11.6. The standard InChI is InChI=1S/C19H20FIN2O3.C16H16FIN2O3.ClH/c1-19(2)25-11-15(26-19)10-23-18(24)16-5-6-22-9-13(16)7-12-3-4-14(21)8-17(12)20;17-15-6-12(18)2-1-10(15)5-11-7-19-4-3-14(11)16(23)20-8-13(22)9-21;/h3-6,8-9,15H,7,10-11H2,1-2H3,(H,23,24);1-4,6-7,13,21-22H,5,8-9H2,(H,20,23);1H/t15-;13-;/m00./s1. The first kappa shape index (κ1) is 41.5. The highest BCUT2D eigenvalue weighted by Gasteiger charge is 2.32. The van der Waals surface area contributed by atoms with Gasteiger partial charge in [0.2, 0.25) is 0 Å². The number of amides is 2. The van der Waals surface area contributed by atoms with Gasteiger partial charge in [0.05, 0.1) is 19.3 Å². The molecule has 0 spiro atoms. The quantitative estimate of drug-likeness (QED) is 0.150. The fourth-order valence-corrected chi connectivity index (χ4v) is 5.76. The molecule has 0 unspecified atom stereocenters. The van der Waals surface area contributed by atoms with Gasteiger partial charge in [-0.25, -0.2) is 8.78 Å². The summed E-state index contributed by atoms with van der Waals surface area (Å²) >= 11 is 4.09. The Morgan fingerprint density at radius 3 is 1.82 bits per heavy atom. The van der Waals surface area contributed by atoms with E-state index >= 15 is 0 Å². The van der Waals surface area contributed by atoms with Crippen molar-refractivity contribution in [1.82, 2.24) is 20.6 Å². The Balaban J connectivity index is 0.000000267. The van der Waals surface area contributed by atoms with E-state index in [0.29, 0.717) is 53.0 Å². The van der Waals surface area contributed by atoms with Crippen molar-refractivity contribution in [2.24, 2.45) is 0 Å². The summed E-state index contributed by atoms with van der Waals surface area (Å²) in [6.45, 7) is 3.97. The van der Waals surface area contributed by atoms with Gasteiger partial charge in [0.1, 0.15) is 17.7 Å². The second-order valence-corrected chi connectivity index (χ2v) is 14.1. The molecule has 5 rings (SSSR count). The Kier molecular flexibility index (Phi) is 16.3. The second kappa shape index (κ2) is 19.7. The van der Waals surface area contributed by atoms with Crippen LogP contribution in [0.15, 0.2) is 73.3 Å². The predicted molar refractivity (Wildman–Crippen MR) is 202 cm³/mol. The number of aliphatic hydroxyl groups is 2. The Morgan fingerprint density at radius 1 is 0.880 bits per heavy atom. The molecule has 1 aliphatic rings. The molecule has 15 heteroatoms. The summed E-state index contributed by atoms with van der Waals surface area (Å²) in [6.07, 6.45) is 5.49. The minimum atomic E-state index is -1.02. The number of nitrogens with zero attached hydrogens (tertiary/aromatic N) is 2. The molecular formula is C35H37ClF2I2N4O6. The molecule has 10 nitrogen and oxygen atoms in total. The SMILES string of the molecule is CC1(C)OC[C@H](CNC(=O)c2ccncc2Cc2ccc(I)cc2F)O1.Cl.O=C(NC[C@H](O)CO)c1ccncc1Cc1ccc(I)cc1F. The highest BCUT2D eigenvalue weighted by Crippen LogP contribution is 2.23. The maximum Gasteiger partial charge on any atom is 0.251 e. The van der Waals surface area contributed by atoms with E-state index in [0.717, 1.165) is 7.14 Å². The molecule has 1 fully saturated rings. The topological polar surface area (TPSA) is 143 Å². The number of aromatic nitrogens is 2. The van der Waals surface area contributed by atoms with Gasteiger partial charge in [0.15, 0.2) is 5.79 Å². The molecular weight excluding hydrogens is 900 g/mol. The lowest BCUT2D eigenvalue weighted by molar-refractivity contribution is -0.137. The summed E-state index contributed by atoms with van der Waals surface area (Å²) in [5, 5.41) is 23.5. The lowest BCUT2D eigenvalue weighted by atomic mass is 10.0. The molecule has 50 heavy (non-hydrogen) atoms. The van der Waals surface area contributed by atoms with E-state index in [1.54, 1.807) is 42.7 Å². The van der Waals surface area contributed by atoms with Crippen LogP contribution in [0.25, 0.3) is 0 Å². The Bertz CT molecular complexity index is 1770. The molecule has 3 heterocycles. The molecule has 268 valence electrons. The third kappa shape index (κ3) is 12.4. The van der Waals surface area contributed by atoms with Crippen LogP contribution in [0.4, 0.5) is 8.78 Å². The number of hydrogen-bond donors (Lipinski definition) is 4. The van der Waals surface area contributed by atoms with Crippen molar-refractivity contribution in [2.75, 3.05) is 26.3 Å². The van der Waals surface area contributed by atoms with Crippen molar-refractivity contribution in [1.29, 1.82) is 0 Å². The average molecular weight is 937 g/mol. The van der Waals surface area contributed by atoms with Crippen LogP contribution >= 0.6 is 57.6 Å². The van der Waals surface area contributed by atoms with E-state index in [1.165, 1.54) is 24.5 Å². The first-order chi connectivity index (χ1) is 23.3. The maximum atomic E-state index is 14.1. The van der Waals surface area contributed by atoms with Crippen molar-refractivity contribution in [3.05, 3.63) is 125 Å². The number of ether oxygens (including phenoxy) is 2. The number of halogens is 5. The highest BCUT2D eigenvalue weighted by molar-refractivity contribution is 14.1. The van der Waals surface area contributed by atoms with E-state index in [1.807, 2.05) is 42.5 Å². The highest BCUT2D eigenvalue weighted by atomic mass is 127. The normalized spacial score (nSPS) is 15.2. The van der Waals surface area contributed by atoms with Crippen LogP contribution in [0.5, 0.6) is 0 Å². The number of hydrogen-bond acceptors (Lipinski definition) is 8. The van der Waals surface area contributed by atoms with Gasteiger partial charge in [-0.3, -0.25) is 19.6 Å². The van der Waals surface area contributed by atoms with Crippen LogP contribution < -0.4 is 10.6 Å². The summed E-state index contributed by atoms with van der Waals surface area (Å²) in [6, 6.07) is 13.2. The average Bonchev–Trinajstić information content (AvgIpc) is 3.43. The molecule has 2 atom stereocenters. The van der Waals surface area contributed by atoms with Crippen LogP contribution in [-0.2, 0) is 22.3 Å². The number of rotatable bonds is 11. The molecule has 4 N–H and O–H groups in total. The molecule has 0 saturated carbocycles. The maximum absolute atomic E-state index is 14.1. The van der Waals surface area contributed by atoms with Crippen molar-refractivity contribution in [3.8, 4) is 0 Å². The third-order valence-corrected chi connectivity index (χ3v) is 8.70. The minimum Gasteiger partial charge on any atom is -0.394 e. The number of pyridine rings is 2. The van der Waals surface area contributed by atoms with Crippen molar-refractivity contribution >= 4 is 69.4 Å². The molecule has 2 aromatic carbocycles. The van der Waals surface area contributed by atoms with Crippen molar-refractivity contribution in [3.63, 3.8) is 0 Å². The van der Waals surface area contributed by atoms with E-state index < -0.39 is 24.4 Å². The largest absolute Gasteiger partial charge is 0.394 e. The Hall–Kier alpha value is -2.87. The van der Waals surface area contributed by atoms with Crippen LogP contribution in [-0.4, -0.2) is 76.3 Å². The van der Waals surface area contributed by atoms with Gasteiger partial charge < -0.3 is 30.3 Å². The molecule has 0 radical (unpaired) electrons. The first-order valence-corrected chi connectivity index (χ1v) is 17.4. The van der Waals surface area contributed by atoms with Gasteiger partial charge in [0, 0.05) is 69.0 Å². The zero-order valence-corrected chi connectivity index (χ0v) is 32.3. The fraction of sp³-hybridized carbons (Fsp3) is 0.314. The molecule has 4 aromatic rings. The molecule has 1 saturated heterocycles. The van der Waals surface area contributed by atoms with E-state index in [-0.39, 0.29) is 49.0 Å². The van der Waals surface area contributed by atoms with Gasteiger partial charge in [-0.1, -0.05) is 12.1 Å². The molecule has 0 bridgehead atoms. The van der Waals surface area contributed by atoms with Crippen molar-refractivity contribution in [2.45, 2.75) is 44.7 Å². The first-order valence-electron chi connectivity index (χ1n) is 15.3. The monoisotopic (exact) mass is 936 g/mol. The number of carbonyl (C=O) groups excluding carboxylic acids is 2. The lowest BCUT2D eigenvalue weighted by Crippen LogP contribution is -2.34. The van der Waals surface area contributed by atoms with E-state index in [2.05, 4.69) is 43.2 Å². The summed E-state index contributed by atoms with van der Waals surface area (Å²) in [7, 11) is 0. The van der Waals surface area contributed by atoms with E-state index in [4.69, 9.17) is 14.6 Å². The van der Waals surface area contributed by atoms with Crippen LogP contribution in [0.3, 0.4) is 0 Å². The van der Waals surface area contributed by atoms with Crippen molar-refractivity contribution < 1.29 is 38.1 Å². The minimum absolute atomic E-state index is 0. The van der Waals surface area contributed by atoms with Gasteiger partial charge in [0.25, 0.3) is 11.8 Å². The molecule has 1 aliphatic heterocycles. The number of aliphatic hydroxyl groups excluding tert-OH is 2. The summed E-state index contributed by atoms with van der Waals surface area (Å²) in [4.78, 5) is 32.8. The molecule has 2 amide bonds. The van der Waals surface area contributed by atoms with Crippen LogP contribution in [0.2, 0.25) is 0 Å². The number of carbonyl (C=O) groups is 2. The number of nitrogens with one attached hydrogen (secondary N) is 2. The summed E-state index contributed by atoms with van der Waals surface area (Å²) in [5.41, 5.74) is 3.11. The smallest absolute Gasteiger partial charge is 0.251 e. The summed E-state index contributed by atoms with van der Waals surface area (Å²) < 4.78 is 40.9. The van der Waals surface area contributed by atoms with Gasteiger partial charge in [-0.05, 0) is 118 Å². The zero-order valence-electron chi connectivity index (χ0n) is 27.2. The fourth-order valence-electron chi connectivity index (χ4n) is 4.86. The predicted octanol–water partition coefficient (Wildman–Crippen LogP) is 5.22. The Labute approximate surface area is 322 Å². The number of benzene rings is 2. The lowest BCUT2D eigenvalue weighted by Gasteiger charge is -2.17.